The molecule has 0 heterocycles. The zero-order valence-electron chi connectivity index (χ0n) is 11.9. The summed E-state index contributed by atoms with van der Waals surface area (Å²) in [4.78, 5) is 12.1. The molecule has 1 aromatic rings. The third kappa shape index (κ3) is 4.06. The third-order valence-corrected chi connectivity index (χ3v) is 4.66. The number of carbonyl (C=O) groups excluding carboxylic acids is 1. The van der Waals surface area contributed by atoms with Crippen LogP contribution in [-0.2, 0) is 5.33 Å². The Hall–Kier alpha value is -0.870. The lowest BCUT2D eigenvalue weighted by atomic mass is 9.79. The number of aliphatic hydroxyl groups is 1. The maximum absolute atomic E-state index is 12.1. The van der Waals surface area contributed by atoms with Crippen molar-refractivity contribution in [1.82, 2.24) is 5.32 Å². The third-order valence-electron chi connectivity index (χ3n) is 4.02. The molecule has 0 spiro atoms. The highest BCUT2D eigenvalue weighted by atomic mass is 79.9. The van der Waals surface area contributed by atoms with Crippen LogP contribution in [0.3, 0.4) is 0 Å². The van der Waals surface area contributed by atoms with Crippen LogP contribution in [0.2, 0.25) is 0 Å². The zero-order valence-corrected chi connectivity index (χ0v) is 13.4. The Morgan fingerprint density at radius 3 is 2.75 bits per heavy atom. The predicted octanol–water partition coefficient (Wildman–Crippen LogP) is 3.25. The highest BCUT2D eigenvalue weighted by Gasteiger charge is 2.32. The molecule has 2 atom stereocenters. The number of amides is 1. The van der Waals surface area contributed by atoms with Crippen molar-refractivity contribution in [3.63, 3.8) is 0 Å². The van der Waals surface area contributed by atoms with E-state index in [1.807, 2.05) is 24.3 Å². The summed E-state index contributed by atoms with van der Waals surface area (Å²) in [7, 11) is 0. The molecule has 0 aliphatic heterocycles. The van der Waals surface area contributed by atoms with E-state index in [1.165, 1.54) is 6.42 Å². The molecule has 4 heteroatoms. The van der Waals surface area contributed by atoms with Crippen LogP contribution in [0, 0.1) is 5.92 Å². The van der Waals surface area contributed by atoms with Gasteiger partial charge in [0.15, 0.2) is 0 Å². The van der Waals surface area contributed by atoms with Crippen molar-refractivity contribution in [2.45, 2.75) is 43.5 Å². The normalized spacial score (nSPS) is 26.2. The monoisotopic (exact) mass is 339 g/mol. The molecule has 2 rings (SSSR count). The number of halogens is 1. The topological polar surface area (TPSA) is 49.3 Å². The fraction of sp³-hybridized carbons (Fsp3) is 0.562. The molecule has 1 fully saturated rings. The minimum absolute atomic E-state index is 0.113. The predicted molar refractivity (Wildman–Crippen MR) is 84.0 cm³/mol. The van der Waals surface area contributed by atoms with Gasteiger partial charge in [-0.1, -0.05) is 47.8 Å². The second kappa shape index (κ2) is 6.72. The van der Waals surface area contributed by atoms with E-state index in [1.54, 1.807) is 0 Å². The summed E-state index contributed by atoms with van der Waals surface area (Å²) in [5.41, 5.74) is 1.05. The van der Waals surface area contributed by atoms with Crippen LogP contribution in [0.25, 0.3) is 0 Å². The molecular weight excluding hydrogens is 318 g/mol. The smallest absolute Gasteiger partial charge is 0.251 e. The van der Waals surface area contributed by atoms with Crippen molar-refractivity contribution in [3.05, 3.63) is 35.4 Å². The van der Waals surface area contributed by atoms with E-state index in [4.69, 9.17) is 0 Å². The van der Waals surface area contributed by atoms with Crippen molar-refractivity contribution < 1.29 is 9.90 Å². The van der Waals surface area contributed by atoms with E-state index in [-0.39, 0.29) is 5.91 Å². The second-order valence-electron chi connectivity index (χ2n) is 5.94. The van der Waals surface area contributed by atoms with Crippen LogP contribution in [-0.4, -0.2) is 23.2 Å². The molecule has 0 saturated heterocycles. The van der Waals surface area contributed by atoms with Crippen LogP contribution in [0.4, 0.5) is 0 Å². The Morgan fingerprint density at radius 2 is 2.15 bits per heavy atom. The first-order valence-electron chi connectivity index (χ1n) is 7.18. The van der Waals surface area contributed by atoms with Crippen LogP contribution >= 0.6 is 15.9 Å². The number of rotatable bonds is 4. The van der Waals surface area contributed by atoms with Gasteiger partial charge >= 0.3 is 0 Å². The van der Waals surface area contributed by atoms with Gasteiger partial charge in [0.1, 0.15) is 0 Å². The van der Waals surface area contributed by atoms with Crippen LogP contribution < -0.4 is 5.32 Å². The Morgan fingerprint density at radius 1 is 1.45 bits per heavy atom. The van der Waals surface area contributed by atoms with Crippen molar-refractivity contribution in [1.29, 1.82) is 0 Å². The maximum atomic E-state index is 12.1. The van der Waals surface area contributed by atoms with Crippen molar-refractivity contribution in [3.8, 4) is 0 Å². The summed E-state index contributed by atoms with van der Waals surface area (Å²) >= 11 is 3.38. The van der Waals surface area contributed by atoms with Crippen molar-refractivity contribution >= 4 is 21.8 Å². The van der Waals surface area contributed by atoms with Gasteiger partial charge in [-0.25, -0.2) is 0 Å². The summed E-state index contributed by atoms with van der Waals surface area (Å²) in [6, 6.07) is 7.50. The molecular formula is C16H22BrNO2. The van der Waals surface area contributed by atoms with Crippen LogP contribution in [0.15, 0.2) is 24.3 Å². The molecule has 2 N–H and O–H groups in total. The lowest BCUT2D eigenvalue weighted by Gasteiger charge is -2.35. The van der Waals surface area contributed by atoms with E-state index < -0.39 is 5.60 Å². The molecule has 20 heavy (non-hydrogen) atoms. The lowest BCUT2D eigenvalue weighted by molar-refractivity contribution is -0.0109. The number of nitrogens with one attached hydrogen (secondary N) is 1. The molecule has 1 saturated carbocycles. The van der Waals surface area contributed by atoms with Gasteiger partial charge in [0.25, 0.3) is 5.91 Å². The van der Waals surface area contributed by atoms with E-state index in [9.17, 15) is 9.90 Å². The van der Waals surface area contributed by atoms with Gasteiger partial charge in [0, 0.05) is 17.4 Å². The molecule has 1 aliphatic rings. The number of hydrogen-bond donors (Lipinski definition) is 2. The fourth-order valence-electron chi connectivity index (χ4n) is 2.88. The summed E-state index contributed by atoms with van der Waals surface area (Å²) in [5, 5.41) is 14.1. The van der Waals surface area contributed by atoms with E-state index in [2.05, 4.69) is 28.2 Å². The fourth-order valence-corrected chi connectivity index (χ4v) is 3.26. The lowest BCUT2D eigenvalue weighted by Crippen LogP contribution is -2.45. The Labute approximate surface area is 128 Å². The second-order valence-corrected chi connectivity index (χ2v) is 6.50. The Balaban J connectivity index is 1.90. The standard InChI is InChI=1S/C16H22BrNO2/c1-12-3-2-8-16(20,9-12)11-18-15(19)14-6-4-13(10-17)5-7-14/h4-7,12,20H,2-3,8-11H2,1H3,(H,18,19). The van der Waals surface area contributed by atoms with Gasteiger partial charge in [-0.05, 0) is 36.5 Å². The number of alkyl halides is 1. The molecule has 110 valence electrons. The quantitative estimate of drug-likeness (QED) is 0.827. The molecule has 1 amide bonds. The van der Waals surface area contributed by atoms with Gasteiger partial charge in [-0.3, -0.25) is 4.79 Å². The Kier molecular flexibility index (Phi) is 5.22. The summed E-state index contributed by atoms with van der Waals surface area (Å²) < 4.78 is 0. The first-order valence-corrected chi connectivity index (χ1v) is 8.30. The van der Waals surface area contributed by atoms with Gasteiger partial charge in [0.05, 0.1) is 5.60 Å². The summed E-state index contributed by atoms with van der Waals surface area (Å²) in [6.07, 6.45) is 3.76. The summed E-state index contributed by atoms with van der Waals surface area (Å²) in [5.74, 6) is 0.418. The minimum atomic E-state index is -0.733. The number of carbonyl (C=O) groups is 1. The highest BCUT2D eigenvalue weighted by molar-refractivity contribution is 9.08. The number of benzene rings is 1. The first kappa shape index (κ1) is 15.5. The van der Waals surface area contributed by atoms with Crippen molar-refractivity contribution in [2.24, 2.45) is 5.92 Å². The molecule has 0 aromatic heterocycles. The average Bonchev–Trinajstić information content (AvgIpc) is 2.45. The highest BCUT2D eigenvalue weighted by Crippen LogP contribution is 2.31. The van der Waals surface area contributed by atoms with Crippen molar-refractivity contribution in [2.75, 3.05) is 6.54 Å². The molecule has 3 nitrogen and oxygen atoms in total. The van der Waals surface area contributed by atoms with Gasteiger partial charge in [0.2, 0.25) is 0 Å². The average molecular weight is 340 g/mol. The van der Waals surface area contributed by atoms with Crippen LogP contribution in [0.5, 0.6) is 0 Å². The van der Waals surface area contributed by atoms with Crippen LogP contribution in [0.1, 0.15) is 48.5 Å². The summed E-state index contributed by atoms with van der Waals surface area (Å²) in [6.45, 7) is 2.50. The van der Waals surface area contributed by atoms with Gasteiger partial charge in [-0.15, -0.1) is 0 Å². The first-order chi connectivity index (χ1) is 9.52. The number of hydrogen-bond acceptors (Lipinski definition) is 2. The largest absolute Gasteiger partial charge is 0.388 e. The SMILES string of the molecule is CC1CCCC(O)(CNC(=O)c2ccc(CBr)cc2)C1. The molecule has 0 radical (unpaired) electrons. The van der Waals surface area contributed by atoms with Gasteiger partial charge < -0.3 is 10.4 Å². The van der Waals surface area contributed by atoms with E-state index >= 15 is 0 Å². The minimum Gasteiger partial charge on any atom is -0.388 e. The Bertz CT molecular complexity index is 460. The van der Waals surface area contributed by atoms with E-state index in [0.717, 1.165) is 30.2 Å². The molecule has 1 aliphatic carbocycles. The molecule has 0 bridgehead atoms. The van der Waals surface area contributed by atoms with E-state index in [0.29, 0.717) is 18.0 Å². The zero-order chi connectivity index (χ0) is 14.6. The molecule has 1 aromatic carbocycles. The maximum Gasteiger partial charge on any atom is 0.251 e. The van der Waals surface area contributed by atoms with Gasteiger partial charge in [-0.2, -0.15) is 0 Å². The molecule has 2 unspecified atom stereocenters.